The maximum absolute atomic E-state index is 12.0. The Morgan fingerprint density at radius 3 is 2.82 bits per heavy atom. The third-order valence-electron chi connectivity index (χ3n) is 3.48. The third-order valence-corrected chi connectivity index (χ3v) is 4.42. The first-order valence-corrected chi connectivity index (χ1v) is 7.88. The maximum Gasteiger partial charge on any atom is 0.226 e. The number of hydrogen-bond donors (Lipinski definition) is 2. The molecule has 0 spiro atoms. The summed E-state index contributed by atoms with van der Waals surface area (Å²) >= 11 is 1.47. The van der Waals surface area contributed by atoms with Gasteiger partial charge in [0.15, 0.2) is 5.13 Å². The Bertz CT molecular complexity index is 826. The molecule has 0 aliphatic carbocycles. The van der Waals surface area contributed by atoms with Crippen molar-refractivity contribution in [3.8, 4) is 5.75 Å². The Hall–Kier alpha value is -2.40. The number of thiazole rings is 1. The SMILES string of the molecule is Cc1cccc2sc(NC(=O)CCc3ccccc3O)nc12. The summed E-state index contributed by atoms with van der Waals surface area (Å²) in [5, 5.41) is 13.1. The summed E-state index contributed by atoms with van der Waals surface area (Å²) in [6.45, 7) is 2.01. The molecule has 0 aliphatic rings. The van der Waals surface area contributed by atoms with E-state index in [9.17, 15) is 9.90 Å². The van der Waals surface area contributed by atoms with Crippen molar-refractivity contribution in [1.82, 2.24) is 4.98 Å². The second kappa shape index (κ2) is 6.15. The number of aromatic hydroxyl groups is 1. The van der Waals surface area contributed by atoms with Gasteiger partial charge in [-0.3, -0.25) is 4.79 Å². The van der Waals surface area contributed by atoms with Crippen molar-refractivity contribution < 1.29 is 9.90 Å². The molecule has 1 heterocycles. The van der Waals surface area contributed by atoms with Gasteiger partial charge in [-0.25, -0.2) is 4.98 Å². The third kappa shape index (κ3) is 3.09. The Morgan fingerprint density at radius 1 is 1.23 bits per heavy atom. The molecule has 112 valence electrons. The molecule has 0 unspecified atom stereocenters. The predicted octanol–water partition coefficient (Wildman–Crippen LogP) is 3.88. The number of anilines is 1. The molecule has 0 atom stereocenters. The molecule has 0 saturated heterocycles. The van der Waals surface area contributed by atoms with Gasteiger partial charge in [0.05, 0.1) is 10.2 Å². The van der Waals surface area contributed by atoms with Gasteiger partial charge in [-0.1, -0.05) is 41.7 Å². The van der Waals surface area contributed by atoms with Gasteiger partial charge in [0, 0.05) is 6.42 Å². The molecule has 0 fully saturated rings. The normalized spacial score (nSPS) is 10.8. The molecule has 2 aromatic carbocycles. The molecule has 0 bridgehead atoms. The summed E-state index contributed by atoms with van der Waals surface area (Å²) in [5.74, 6) is 0.130. The molecule has 5 heteroatoms. The van der Waals surface area contributed by atoms with Crippen molar-refractivity contribution >= 4 is 32.6 Å². The van der Waals surface area contributed by atoms with Gasteiger partial charge >= 0.3 is 0 Å². The van der Waals surface area contributed by atoms with Crippen molar-refractivity contribution in [2.75, 3.05) is 5.32 Å². The number of aromatic nitrogens is 1. The molecular formula is C17H16N2O2S. The fourth-order valence-electron chi connectivity index (χ4n) is 2.29. The first kappa shape index (κ1) is 14.5. The zero-order valence-corrected chi connectivity index (χ0v) is 13.0. The number of para-hydroxylation sites is 2. The van der Waals surface area contributed by atoms with Crippen molar-refractivity contribution in [2.24, 2.45) is 0 Å². The van der Waals surface area contributed by atoms with Crippen LogP contribution in [0.25, 0.3) is 10.2 Å². The standard InChI is InChI=1S/C17H16N2O2S/c1-11-5-4-8-14-16(11)19-17(22-14)18-15(21)10-9-12-6-2-3-7-13(12)20/h2-8,20H,9-10H2,1H3,(H,18,19,21). The summed E-state index contributed by atoms with van der Waals surface area (Å²) in [7, 11) is 0. The van der Waals surface area contributed by atoms with Crippen LogP contribution in [0.15, 0.2) is 42.5 Å². The predicted molar refractivity (Wildman–Crippen MR) is 89.4 cm³/mol. The average Bonchev–Trinajstić information content (AvgIpc) is 2.90. The van der Waals surface area contributed by atoms with Gasteiger partial charge in [0.2, 0.25) is 5.91 Å². The number of amides is 1. The molecule has 0 saturated carbocycles. The number of phenols is 1. The molecule has 0 radical (unpaired) electrons. The van der Waals surface area contributed by atoms with E-state index in [1.54, 1.807) is 12.1 Å². The summed E-state index contributed by atoms with van der Waals surface area (Å²) < 4.78 is 1.07. The van der Waals surface area contributed by atoms with Crippen LogP contribution in [-0.4, -0.2) is 16.0 Å². The monoisotopic (exact) mass is 312 g/mol. The van der Waals surface area contributed by atoms with Crippen LogP contribution in [0.1, 0.15) is 17.5 Å². The summed E-state index contributed by atoms with van der Waals surface area (Å²) in [6.07, 6.45) is 0.814. The molecule has 22 heavy (non-hydrogen) atoms. The highest BCUT2D eigenvalue weighted by molar-refractivity contribution is 7.22. The van der Waals surface area contributed by atoms with Crippen molar-refractivity contribution in [3.05, 3.63) is 53.6 Å². The highest BCUT2D eigenvalue weighted by atomic mass is 32.1. The van der Waals surface area contributed by atoms with Gasteiger partial charge in [-0.05, 0) is 36.6 Å². The van der Waals surface area contributed by atoms with Crippen LogP contribution in [0.2, 0.25) is 0 Å². The molecule has 4 nitrogen and oxygen atoms in total. The first-order valence-electron chi connectivity index (χ1n) is 7.06. The zero-order valence-electron chi connectivity index (χ0n) is 12.2. The summed E-state index contributed by atoms with van der Waals surface area (Å²) in [6, 6.07) is 13.1. The minimum Gasteiger partial charge on any atom is -0.508 e. The van der Waals surface area contributed by atoms with Gasteiger partial charge in [-0.15, -0.1) is 0 Å². The smallest absolute Gasteiger partial charge is 0.226 e. The van der Waals surface area contributed by atoms with Gasteiger partial charge < -0.3 is 10.4 Å². The van der Waals surface area contributed by atoms with Gasteiger partial charge in [0.25, 0.3) is 0 Å². The fourth-order valence-corrected chi connectivity index (χ4v) is 3.25. The van der Waals surface area contributed by atoms with Crippen molar-refractivity contribution in [3.63, 3.8) is 0 Å². The van der Waals surface area contributed by atoms with E-state index in [2.05, 4.69) is 10.3 Å². The number of rotatable bonds is 4. The minimum atomic E-state index is -0.0973. The lowest BCUT2D eigenvalue weighted by molar-refractivity contribution is -0.116. The molecule has 2 N–H and O–H groups in total. The summed E-state index contributed by atoms with van der Waals surface area (Å²) in [4.78, 5) is 16.5. The van der Waals surface area contributed by atoms with Crippen LogP contribution in [0, 0.1) is 6.92 Å². The maximum atomic E-state index is 12.0. The number of nitrogens with zero attached hydrogens (tertiary/aromatic N) is 1. The van der Waals surface area contributed by atoms with E-state index >= 15 is 0 Å². The van der Waals surface area contributed by atoms with E-state index in [0.717, 1.165) is 21.3 Å². The first-order chi connectivity index (χ1) is 10.6. The second-order valence-electron chi connectivity index (χ2n) is 5.12. The highest BCUT2D eigenvalue weighted by Crippen LogP contribution is 2.28. The minimum absolute atomic E-state index is 0.0973. The molecule has 1 aromatic heterocycles. The highest BCUT2D eigenvalue weighted by Gasteiger charge is 2.10. The van der Waals surface area contributed by atoms with E-state index in [1.807, 2.05) is 37.3 Å². The van der Waals surface area contributed by atoms with Crippen LogP contribution in [0.3, 0.4) is 0 Å². The zero-order chi connectivity index (χ0) is 15.5. The van der Waals surface area contributed by atoms with Gasteiger partial charge in [0.1, 0.15) is 5.75 Å². The van der Waals surface area contributed by atoms with Crippen LogP contribution in [0.5, 0.6) is 5.75 Å². The van der Waals surface area contributed by atoms with E-state index in [4.69, 9.17) is 0 Å². The van der Waals surface area contributed by atoms with Crippen LogP contribution in [0.4, 0.5) is 5.13 Å². The number of hydrogen-bond acceptors (Lipinski definition) is 4. The molecule has 3 aromatic rings. The Kier molecular flexibility index (Phi) is 4.06. The topological polar surface area (TPSA) is 62.2 Å². The second-order valence-corrected chi connectivity index (χ2v) is 6.15. The van der Waals surface area contributed by atoms with Crippen LogP contribution < -0.4 is 5.32 Å². The molecular weight excluding hydrogens is 296 g/mol. The average molecular weight is 312 g/mol. The number of carbonyl (C=O) groups excluding carboxylic acids is 1. The number of benzene rings is 2. The lowest BCUT2D eigenvalue weighted by Crippen LogP contribution is -2.12. The van der Waals surface area contributed by atoms with Crippen molar-refractivity contribution in [2.45, 2.75) is 19.8 Å². The Balaban J connectivity index is 1.66. The Labute approximate surface area is 132 Å². The van der Waals surface area contributed by atoms with Crippen LogP contribution >= 0.6 is 11.3 Å². The number of carbonyl (C=O) groups is 1. The van der Waals surface area contributed by atoms with Crippen LogP contribution in [-0.2, 0) is 11.2 Å². The molecule has 0 aliphatic heterocycles. The fraction of sp³-hybridized carbons (Fsp3) is 0.176. The quantitative estimate of drug-likeness (QED) is 0.768. The lowest BCUT2D eigenvalue weighted by atomic mass is 10.1. The van der Waals surface area contributed by atoms with E-state index in [0.29, 0.717) is 18.0 Å². The van der Waals surface area contributed by atoms with E-state index in [1.165, 1.54) is 11.3 Å². The number of nitrogens with one attached hydrogen (secondary N) is 1. The summed E-state index contributed by atoms with van der Waals surface area (Å²) in [5.41, 5.74) is 2.81. The number of phenolic OH excluding ortho intramolecular Hbond substituents is 1. The van der Waals surface area contributed by atoms with Crippen molar-refractivity contribution in [1.29, 1.82) is 0 Å². The van der Waals surface area contributed by atoms with E-state index in [-0.39, 0.29) is 11.7 Å². The molecule has 1 amide bonds. The largest absolute Gasteiger partial charge is 0.508 e. The van der Waals surface area contributed by atoms with E-state index < -0.39 is 0 Å². The number of fused-ring (bicyclic) bond motifs is 1. The lowest BCUT2D eigenvalue weighted by Gasteiger charge is -2.04. The van der Waals surface area contributed by atoms with Gasteiger partial charge in [-0.2, -0.15) is 0 Å². The molecule has 3 rings (SSSR count). The number of aryl methyl sites for hydroxylation is 2. The Morgan fingerprint density at radius 2 is 2.05 bits per heavy atom.